The van der Waals surface area contributed by atoms with Crippen LogP contribution in [0, 0.1) is 5.82 Å². The van der Waals surface area contributed by atoms with Crippen molar-refractivity contribution in [3.8, 4) is 0 Å². The van der Waals surface area contributed by atoms with Crippen molar-refractivity contribution < 1.29 is 13.7 Å². The van der Waals surface area contributed by atoms with Crippen LogP contribution >= 0.6 is 0 Å². The fourth-order valence-corrected chi connectivity index (χ4v) is 1.93. The number of aromatic nitrogens is 2. The summed E-state index contributed by atoms with van der Waals surface area (Å²) < 4.78 is 18.5. The summed E-state index contributed by atoms with van der Waals surface area (Å²) in [5, 5.41) is 6.57. The molecule has 118 valence electrons. The Morgan fingerprint density at radius 1 is 1.36 bits per heavy atom. The molecular formula is C16H20FN3O2. The van der Waals surface area contributed by atoms with E-state index in [1.807, 2.05) is 13.8 Å². The highest BCUT2D eigenvalue weighted by Gasteiger charge is 2.10. The van der Waals surface area contributed by atoms with Gasteiger partial charge in [-0.1, -0.05) is 37.2 Å². The lowest BCUT2D eigenvalue weighted by atomic mass is 10.2. The monoisotopic (exact) mass is 305 g/mol. The van der Waals surface area contributed by atoms with Crippen LogP contribution < -0.4 is 5.32 Å². The van der Waals surface area contributed by atoms with Gasteiger partial charge in [-0.05, 0) is 12.5 Å². The van der Waals surface area contributed by atoms with E-state index < -0.39 is 0 Å². The maximum Gasteiger partial charge on any atom is 0.226 e. The number of benzene rings is 1. The standard InChI is InChI=1S/C16H20FN3O2/c1-11(2)16-19-15(22-20-16)9-5-8-14(21)18-10-12-6-3-4-7-13(12)17/h3-4,6-7,11H,5,8-10H2,1-2H3,(H,18,21). The highest BCUT2D eigenvalue weighted by atomic mass is 19.1. The first-order chi connectivity index (χ1) is 10.6. The third-order valence-corrected chi connectivity index (χ3v) is 3.23. The van der Waals surface area contributed by atoms with Crippen LogP contribution in [-0.2, 0) is 17.8 Å². The van der Waals surface area contributed by atoms with Crippen molar-refractivity contribution in [3.63, 3.8) is 0 Å². The van der Waals surface area contributed by atoms with E-state index in [1.165, 1.54) is 6.07 Å². The quantitative estimate of drug-likeness (QED) is 0.854. The minimum absolute atomic E-state index is 0.119. The van der Waals surface area contributed by atoms with Crippen molar-refractivity contribution >= 4 is 5.91 Å². The lowest BCUT2D eigenvalue weighted by Crippen LogP contribution is -2.23. The van der Waals surface area contributed by atoms with Crippen LogP contribution in [0.25, 0.3) is 0 Å². The number of nitrogens with zero attached hydrogens (tertiary/aromatic N) is 2. The molecule has 22 heavy (non-hydrogen) atoms. The van der Waals surface area contributed by atoms with Crippen molar-refractivity contribution in [3.05, 3.63) is 47.4 Å². The Kier molecular flexibility index (Phi) is 5.63. The van der Waals surface area contributed by atoms with E-state index in [0.29, 0.717) is 36.5 Å². The molecule has 0 spiro atoms. The Balaban J connectivity index is 1.70. The largest absolute Gasteiger partial charge is 0.352 e. The number of carbonyl (C=O) groups excluding carboxylic acids is 1. The molecule has 0 aliphatic rings. The van der Waals surface area contributed by atoms with Gasteiger partial charge in [0.1, 0.15) is 5.82 Å². The predicted octanol–water partition coefficient (Wildman–Crippen LogP) is 2.97. The molecule has 0 saturated carbocycles. The zero-order valence-corrected chi connectivity index (χ0v) is 12.8. The van der Waals surface area contributed by atoms with E-state index in [1.54, 1.807) is 18.2 Å². The molecule has 1 aromatic heterocycles. The van der Waals surface area contributed by atoms with Gasteiger partial charge in [-0.25, -0.2) is 4.39 Å². The highest BCUT2D eigenvalue weighted by Crippen LogP contribution is 2.11. The number of hydrogen-bond acceptors (Lipinski definition) is 4. The second-order valence-corrected chi connectivity index (χ2v) is 5.42. The van der Waals surface area contributed by atoms with Crippen LogP contribution in [0.3, 0.4) is 0 Å². The van der Waals surface area contributed by atoms with E-state index in [4.69, 9.17) is 4.52 Å². The number of carbonyl (C=O) groups is 1. The van der Waals surface area contributed by atoms with Crippen LogP contribution in [0.5, 0.6) is 0 Å². The molecule has 0 bridgehead atoms. The summed E-state index contributed by atoms with van der Waals surface area (Å²) in [4.78, 5) is 16.0. The van der Waals surface area contributed by atoms with Gasteiger partial charge in [0, 0.05) is 30.9 Å². The highest BCUT2D eigenvalue weighted by molar-refractivity contribution is 5.75. The number of nitrogens with one attached hydrogen (secondary N) is 1. The summed E-state index contributed by atoms with van der Waals surface area (Å²) in [6.45, 7) is 4.18. The van der Waals surface area contributed by atoms with Crippen molar-refractivity contribution in [1.82, 2.24) is 15.5 Å². The Morgan fingerprint density at radius 2 is 2.14 bits per heavy atom. The molecule has 1 N–H and O–H groups in total. The van der Waals surface area contributed by atoms with Gasteiger partial charge in [-0.2, -0.15) is 4.98 Å². The number of hydrogen-bond donors (Lipinski definition) is 1. The molecule has 0 radical (unpaired) electrons. The summed E-state index contributed by atoms with van der Waals surface area (Å²) in [6.07, 6.45) is 1.52. The number of amides is 1. The van der Waals surface area contributed by atoms with Gasteiger partial charge in [0.05, 0.1) is 0 Å². The normalized spacial score (nSPS) is 10.9. The van der Waals surface area contributed by atoms with Gasteiger partial charge < -0.3 is 9.84 Å². The molecule has 1 heterocycles. The summed E-state index contributed by atoms with van der Waals surface area (Å²) in [6, 6.07) is 6.40. The predicted molar refractivity (Wildman–Crippen MR) is 79.6 cm³/mol. The molecule has 0 fully saturated rings. The number of aryl methyl sites for hydroxylation is 1. The fourth-order valence-electron chi connectivity index (χ4n) is 1.93. The summed E-state index contributed by atoms with van der Waals surface area (Å²) in [7, 11) is 0. The maximum atomic E-state index is 13.4. The molecule has 2 aromatic rings. The Bertz CT molecular complexity index is 625. The molecule has 0 atom stereocenters. The van der Waals surface area contributed by atoms with E-state index >= 15 is 0 Å². The molecule has 1 amide bonds. The first kappa shape index (κ1) is 16.1. The first-order valence-electron chi connectivity index (χ1n) is 7.39. The van der Waals surface area contributed by atoms with Crippen LogP contribution in [-0.4, -0.2) is 16.0 Å². The topological polar surface area (TPSA) is 68.0 Å². The zero-order valence-electron chi connectivity index (χ0n) is 12.8. The van der Waals surface area contributed by atoms with E-state index in [2.05, 4.69) is 15.5 Å². The average molecular weight is 305 g/mol. The molecule has 6 heteroatoms. The van der Waals surface area contributed by atoms with Crippen LogP contribution in [0.4, 0.5) is 4.39 Å². The fraction of sp³-hybridized carbons (Fsp3) is 0.438. The zero-order chi connectivity index (χ0) is 15.9. The van der Waals surface area contributed by atoms with E-state index in [-0.39, 0.29) is 24.2 Å². The van der Waals surface area contributed by atoms with Gasteiger partial charge in [0.25, 0.3) is 0 Å². The van der Waals surface area contributed by atoms with Gasteiger partial charge in [-0.3, -0.25) is 4.79 Å². The van der Waals surface area contributed by atoms with Crippen molar-refractivity contribution in [2.45, 2.75) is 45.6 Å². The maximum absolute atomic E-state index is 13.4. The Morgan fingerprint density at radius 3 is 2.82 bits per heavy atom. The molecule has 1 aromatic carbocycles. The minimum atomic E-state index is -0.310. The van der Waals surface area contributed by atoms with Crippen molar-refractivity contribution in [1.29, 1.82) is 0 Å². The molecule has 0 aliphatic heterocycles. The van der Waals surface area contributed by atoms with Crippen LogP contribution in [0.1, 0.15) is 49.9 Å². The Labute approximate surface area is 128 Å². The third kappa shape index (κ3) is 4.65. The first-order valence-corrected chi connectivity index (χ1v) is 7.39. The second kappa shape index (κ2) is 7.68. The van der Waals surface area contributed by atoms with Gasteiger partial charge >= 0.3 is 0 Å². The van der Waals surface area contributed by atoms with Crippen molar-refractivity contribution in [2.24, 2.45) is 0 Å². The molecule has 5 nitrogen and oxygen atoms in total. The average Bonchev–Trinajstić information content (AvgIpc) is 2.95. The van der Waals surface area contributed by atoms with Crippen LogP contribution in [0.2, 0.25) is 0 Å². The smallest absolute Gasteiger partial charge is 0.226 e. The third-order valence-electron chi connectivity index (χ3n) is 3.23. The number of halogens is 1. The van der Waals surface area contributed by atoms with E-state index in [9.17, 15) is 9.18 Å². The summed E-state index contributed by atoms with van der Waals surface area (Å²) in [5.41, 5.74) is 0.481. The molecular weight excluding hydrogens is 285 g/mol. The molecule has 0 aliphatic carbocycles. The van der Waals surface area contributed by atoms with E-state index in [0.717, 1.165) is 0 Å². The second-order valence-electron chi connectivity index (χ2n) is 5.42. The van der Waals surface area contributed by atoms with Gasteiger partial charge in [0.15, 0.2) is 5.82 Å². The molecule has 2 rings (SSSR count). The minimum Gasteiger partial charge on any atom is -0.352 e. The Hall–Kier alpha value is -2.24. The lowest BCUT2D eigenvalue weighted by molar-refractivity contribution is -0.121. The lowest BCUT2D eigenvalue weighted by Gasteiger charge is -2.05. The number of rotatable bonds is 7. The summed E-state index contributed by atoms with van der Waals surface area (Å²) in [5.74, 6) is 1.02. The van der Waals surface area contributed by atoms with Crippen LogP contribution in [0.15, 0.2) is 28.8 Å². The van der Waals surface area contributed by atoms with Crippen molar-refractivity contribution in [2.75, 3.05) is 0 Å². The van der Waals surface area contributed by atoms with Gasteiger partial charge in [-0.15, -0.1) is 0 Å². The van der Waals surface area contributed by atoms with Gasteiger partial charge in [0.2, 0.25) is 11.8 Å². The SMILES string of the molecule is CC(C)c1noc(CCCC(=O)NCc2ccccc2F)n1. The summed E-state index contributed by atoms with van der Waals surface area (Å²) >= 11 is 0. The molecule has 0 unspecified atom stereocenters. The molecule has 0 saturated heterocycles.